The van der Waals surface area contributed by atoms with Gasteiger partial charge in [0.15, 0.2) is 0 Å². The summed E-state index contributed by atoms with van der Waals surface area (Å²) in [6.45, 7) is 2.02. The molecule has 13 heavy (non-hydrogen) atoms. The number of hydrogen-bond acceptors (Lipinski definition) is 2. The first-order valence-corrected chi connectivity index (χ1v) is 4.12. The van der Waals surface area contributed by atoms with Crippen molar-refractivity contribution in [1.29, 1.82) is 5.26 Å². The maximum absolute atomic E-state index is 8.69. The van der Waals surface area contributed by atoms with Gasteiger partial charge in [0.25, 0.3) is 0 Å². The lowest BCUT2D eigenvalue weighted by Crippen LogP contribution is -1.91. The predicted molar refractivity (Wildman–Crippen MR) is 54.0 cm³/mol. The van der Waals surface area contributed by atoms with Crippen LogP contribution in [-0.2, 0) is 0 Å². The van der Waals surface area contributed by atoms with Crippen LogP contribution in [0.3, 0.4) is 0 Å². The Balaban J connectivity index is 3.06. The van der Waals surface area contributed by atoms with Crippen LogP contribution < -0.4 is 5.32 Å². The molecule has 0 heterocycles. The van der Waals surface area contributed by atoms with Crippen molar-refractivity contribution in [3.63, 3.8) is 0 Å². The third-order valence-corrected chi connectivity index (χ3v) is 1.84. The van der Waals surface area contributed by atoms with Crippen molar-refractivity contribution in [3.05, 3.63) is 41.1 Å². The monoisotopic (exact) mass is 172 g/mol. The Hall–Kier alpha value is -1.75. The molecule has 0 saturated carbocycles. The van der Waals surface area contributed by atoms with Crippen molar-refractivity contribution in [1.82, 2.24) is 5.32 Å². The highest BCUT2D eigenvalue weighted by atomic mass is 14.8. The summed E-state index contributed by atoms with van der Waals surface area (Å²) in [5, 5.41) is 11.6. The van der Waals surface area contributed by atoms with Gasteiger partial charge in [0.1, 0.15) is 0 Å². The molecule has 0 unspecified atom stereocenters. The molecule has 0 fully saturated rings. The van der Waals surface area contributed by atoms with Gasteiger partial charge in [-0.05, 0) is 42.5 Å². The minimum atomic E-state index is 0.696. The van der Waals surface area contributed by atoms with Gasteiger partial charge in [-0.3, -0.25) is 0 Å². The van der Waals surface area contributed by atoms with Crippen molar-refractivity contribution < 1.29 is 0 Å². The average molecular weight is 172 g/mol. The summed E-state index contributed by atoms with van der Waals surface area (Å²) in [5.41, 5.74) is 2.94. The van der Waals surface area contributed by atoms with Crippen molar-refractivity contribution in [2.24, 2.45) is 0 Å². The van der Waals surface area contributed by atoms with E-state index in [1.165, 1.54) is 5.56 Å². The van der Waals surface area contributed by atoms with Crippen molar-refractivity contribution >= 4 is 6.08 Å². The van der Waals surface area contributed by atoms with E-state index in [1.807, 2.05) is 44.4 Å². The van der Waals surface area contributed by atoms with Crippen molar-refractivity contribution in [3.8, 4) is 6.07 Å². The molecule has 1 aromatic carbocycles. The molecule has 0 radical (unpaired) electrons. The predicted octanol–water partition coefficient (Wildman–Crippen LogP) is 2.06. The molecule has 0 aromatic heterocycles. The van der Waals surface area contributed by atoms with Crippen LogP contribution in [0.2, 0.25) is 0 Å². The van der Waals surface area contributed by atoms with E-state index in [0.717, 1.165) is 5.56 Å². The summed E-state index contributed by atoms with van der Waals surface area (Å²) in [6, 6.07) is 7.77. The zero-order chi connectivity index (χ0) is 9.68. The van der Waals surface area contributed by atoms with E-state index in [4.69, 9.17) is 5.26 Å². The van der Waals surface area contributed by atoms with Crippen LogP contribution in [0.1, 0.15) is 16.7 Å². The fraction of sp³-hybridized carbons (Fsp3) is 0.182. The minimum absolute atomic E-state index is 0.696. The highest BCUT2D eigenvalue weighted by Crippen LogP contribution is 2.11. The summed E-state index contributed by atoms with van der Waals surface area (Å²) in [5.74, 6) is 0. The summed E-state index contributed by atoms with van der Waals surface area (Å²) in [7, 11) is 1.85. The van der Waals surface area contributed by atoms with Gasteiger partial charge in [0.2, 0.25) is 0 Å². The van der Waals surface area contributed by atoms with Crippen molar-refractivity contribution in [2.75, 3.05) is 7.05 Å². The van der Waals surface area contributed by atoms with Crippen molar-refractivity contribution in [2.45, 2.75) is 6.92 Å². The lowest BCUT2D eigenvalue weighted by Gasteiger charge is -1.99. The summed E-state index contributed by atoms with van der Waals surface area (Å²) < 4.78 is 0. The van der Waals surface area contributed by atoms with E-state index in [1.54, 1.807) is 0 Å². The molecule has 1 N–H and O–H groups in total. The van der Waals surface area contributed by atoms with Gasteiger partial charge in [-0.25, -0.2) is 0 Å². The first-order chi connectivity index (χ1) is 6.27. The molecule has 0 bridgehead atoms. The molecule has 2 heteroatoms. The highest BCUT2D eigenvalue weighted by Gasteiger charge is 1.95. The second-order valence-electron chi connectivity index (χ2n) is 2.81. The van der Waals surface area contributed by atoms with Crippen LogP contribution >= 0.6 is 0 Å². The number of aryl methyl sites for hydroxylation is 1. The van der Waals surface area contributed by atoms with Gasteiger partial charge in [0.05, 0.1) is 11.6 Å². The zero-order valence-electron chi connectivity index (χ0n) is 7.83. The Kier molecular flexibility index (Phi) is 3.10. The van der Waals surface area contributed by atoms with Crippen LogP contribution in [0.5, 0.6) is 0 Å². The molecule has 2 nitrogen and oxygen atoms in total. The molecule has 0 atom stereocenters. The van der Waals surface area contributed by atoms with Gasteiger partial charge in [-0.15, -0.1) is 0 Å². The molecule has 0 aliphatic rings. The molecule has 0 amide bonds. The van der Waals surface area contributed by atoms with Crippen LogP contribution in [-0.4, -0.2) is 7.05 Å². The highest BCUT2D eigenvalue weighted by molar-refractivity contribution is 5.55. The first kappa shape index (κ1) is 9.34. The maximum Gasteiger partial charge on any atom is 0.0991 e. The van der Waals surface area contributed by atoms with Crippen LogP contribution in [0, 0.1) is 18.3 Å². The number of nitrogens with one attached hydrogen (secondary N) is 1. The third kappa shape index (κ3) is 2.34. The van der Waals surface area contributed by atoms with Gasteiger partial charge in [0, 0.05) is 7.05 Å². The molecular weight excluding hydrogens is 160 g/mol. The Morgan fingerprint density at radius 2 is 2.23 bits per heavy atom. The second-order valence-corrected chi connectivity index (χ2v) is 2.81. The minimum Gasteiger partial charge on any atom is -0.394 e. The standard InChI is InChI=1S/C11H12N2/c1-9-3-4-10(8-12)7-11(9)5-6-13-2/h3-7,13H,1-2H3/b6-5-. The molecule has 0 saturated heterocycles. The van der Waals surface area contributed by atoms with Gasteiger partial charge in [-0.1, -0.05) is 6.07 Å². The van der Waals surface area contributed by atoms with E-state index in [2.05, 4.69) is 11.4 Å². The Bertz CT molecular complexity index is 359. The zero-order valence-corrected chi connectivity index (χ0v) is 7.83. The summed E-state index contributed by atoms with van der Waals surface area (Å²) in [4.78, 5) is 0. The lowest BCUT2D eigenvalue weighted by molar-refractivity contribution is 1.11. The van der Waals surface area contributed by atoms with E-state index in [-0.39, 0.29) is 0 Å². The molecule has 0 aliphatic heterocycles. The lowest BCUT2D eigenvalue weighted by atomic mass is 10.1. The van der Waals surface area contributed by atoms with Crippen LogP contribution in [0.4, 0.5) is 0 Å². The molecule has 1 aromatic rings. The number of benzene rings is 1. The molecule has 1 rings (SSSR count). The molecule has 0 spiro atoms. The number of nitriles is 1. The van der Waals surface area contributed by atoms with E-state index in [0.29, 0.717) is 5.56 Å². The van der Waals surface area contributed by atoms with Gasteiger partial charge in [-0.2, -0.15) is 5.26 Å². The largest absolute Gasteiger partial charge is 0.394 e. The van der Waals surface area contributed by atoms with E-state index >= 15 is 0 Å². The number of hydrogen-bond donors (Lipinski definition) is 1. The Labute approximate surface area is 78.5 Å². The summed E-state index contributed by atoms with van der Waals surface area (Å²) >= 11 is 0. The molecule has 0 aliphatic carbocycles. The van der Waals surface area contributed by atoms with E-state index < -0.39 is 0 Å². The smallest absolute Gasteiger partial charge is 0.0991 e. The SMILES string of the molecule is CN/C=C\c1cc(C#N)ccc1C. The van der Waals surface area contributed by atoms with Crippen LogP contribution in [0.25, 0.3) is 6.08 Å². The molecule has 66 valence electrons. The van der Waals surface area contributed by atoms with Gasteiger partial charge >= 0.3 is 0 Å². The fourth-order valence-corrected chi connectivity index (χ4v) is 1.06. The summed E-state index contributed by atoms with van der Waals surface area (Å²) in [6.07, 6.45) is 3.81. The fourth-order valence-electron chi connectivity index (χ4n) is 1.06. The topological polar surface area (TPSA) is 35.8 Å². The van der Waals surface area contributed by atoms with Crippen LogP contribution in [0.15, 0.2) is 24.4 Å². The van der Waals surface area contributed by atoms with E-state index in [9.17, 15) is 0 Å². The number of rotatable bonds is 2. The normalized spacial score (nSPS) is 9.92. The number of nitrogens with zero attached hydrogens (tertiary/aromatic N) is 1. The quantitative estimate of drug-likeness (QED) is 0.741. The molecular formula is C11H12N2. The Morgan fingerprint density at radius 3 is 2.85 bits per heavy atom. The first-order valence-electron chi connectivity index (χ1n) is 4.12. The maximum atomic E-state index is 8.69. The average Bonchev–Trinajstić information content (AvgIpc) is 2.17. The van der Waals surface area contributed by atoms with Gasteiger partial charge < -0.3 is 5.32 Å². The second kappa shape index (κ2) is 4.32. The Morgan fingerprint density at radius 1 is 1.46 bits per heavy atom. The third-order valence-electron chi connectivity index (χ3n) is 1.84.